The molecular formula is C22H20N2. The van der Waals surface area contributed by atoms with E-state index >= 15 is 0 Å². The van der Waals surface area contributed by atoms with E-state index in [4.69, 9.17) is 0 Å². The third kappa shape index (κ3) is 2.71. The Morgan fingerprint density at radius 2 is 1.75 bits per heavy atom. The fraction of sp³-hybridized carbons (Fsp3) is 0.136. The van der Waals surface area contributed by atoms with Crippen LogP contribution in [0.5, 0.6) is 0 Å². The minimum Gasteiger partial charge on any atom is -0.325 e. The zero-order valence-corrected chi connectivity index (χ0v) is 13.8. The third-order valence-corrected chi connectivity index (χ3v) is 4.54. The number of nitrogens with zero attached hydrogens (tertiary/aromatic N) is 2. The maximum absolute atomic E-state index is 4.56. The smallest absolute Gasteiger partial charge is 0.132 e. The van der Waals surface area contributed by atoms with Crippen LogP contribution in [0.2, 0.25) is 0 Å². The molecule has 1 aromatic heterocycles. The fourth-order valence-corrected chi connectivity index (χ4v) is 3.36. The van der Waals surface area contributed by atoms with E-state index in [1.54, 1.807) is 0 Å². The largest absolute Gasteiger partial charge is 0.325 e. The molecule has 3 aromatic rings. The number of hydrogen-bond acceptors (Lipinski definition) is 2. The van der Waals surface area contributed by atoms with Crippen molar-refractivity contribution in [1.82, 2.24) is 4.98 Å². The minimum absolute atomic E-state index is 0.507. The maximum Gasteiger partial charge on any atom is 0.132 e. The van der Waals surface area contributed by atoms with E-state index in [9.17, 15) is 0 Å². The molecule has 0 bridgehead atoms. The molecular weight excluding hydrogens is 292 g/mol. The van der Waals surface area contributed by atoms with Crippen LogP contribution in [0.15, 0.2) is 72.9 Å². The highest BCUT2D eigenvalue weighted by Gasteiger charge is 2.28. The van der Waals surface area contributed by atoms with Crippen molar-refractivity contribution in [2.75, 3.05) is 11.4 Å². The molecule has 24 heavy (non-hydrogen) atoms. The van der Waals surface area contributed by atoms with Crippen molar-refractivity contribution in [3.05, 3.63) is 89.6 Å². The van der Waals surface area contributed by atoms with Crippen LogP contribution in [0, 0.1) is 0 Å². The van der Waals surface area contributed by atoms with Gasteiger partial charge in [-0.3, -0.25) is 0 Å². The summed E-state index contributed by atoms with van der Waals surface area (Å²) in [5.74, 6) is 1.52. The van der Waals surface area contributed by atoms with Crippen LogP contribution in [0.1, 0.15) is 29.5 Å². The zero-order valence-electron chi connectivity index (χ0n) is 13.8. The minimum atomic E-state index is 0.507. The number of aromatic nitrogens is 1. The van der Waals surface area contributed by atoms with E-state index in [1.807, 2.05) is 24.4 Å². The zero-order chi connectivity index (χ0) is 16.4. The van der Waals surface area contributed by atoms with Crippen molar-refractivity contribution >= 4 is 23.7 Å². The molecule has 0 aliphatic carbocycles. The summed E-state index contributed by atoms with van der Waals surface area (Å²) in [5.41, 5.74) is 5.14. The Labute approximate surface area is 143 Å². The summed E-state index contributed by atoms with van der Waals surface area (Å²) in [5, 5.41) is 0. The highest BCUT2D eigenvalue weighted by molar-refractivity contribution is 5.83. The molecule has 2 aromatic carbocycles. The molecule has 0 saturated heterocycles. The SMILES string of the molecule is CC1CN(c2ccccn2)c2c(/C=C/c3ccccc3)cccc21. The normalized spacial score (nSPS) is 16.5. The van der Waals surface area contributed by atoms with Crippen LogP contribution in [0.25, 0.3) is 12.2 Å². The Morgan fingerprint density at radius 3 is 2.54 bits per heavy atom. The lowest BCUT2D eigenvalue weighted by atomic mass is 10.00. The Kier molecular flexibility index (Phi) is 3.87. The molecule has 1 aliphatic heterocycles. The number of rotatable bonds is 3. The van der Waals surface area contributed by atoms with E-state index in [1.165, 1.54) is 22.4 Å². The number of anilines is 2. The summed E-state index contributed by atoms with van der Waals surface area (Å²) in [4.78, 5) is 6.89. The average molecular weight is 312 g/mol. The molecule has 1 unspecified atom stereocenters. The van der Waals surface area contributed by atoms with Gasteiger partial charge in [0.15, 0.2) is 0 Å². The van der Waals surface area contributed by atoms with Gasteiger partial charge in [0, 0.05) is 18.7 Å². The average Bonchev–Trinajstić information content (AvgIpc) is 2.99. The maximum atomic E-state index is 4.56. The quantitative estimate of drug-likeness (QED) is 0.593. The summed E-state index contributed by atoms with van der Waals surface area (Å²) in [6, 6.07) is 23.1. The molecule has 2 heteroatoms. The van der Waals surface area contributed by atoms with Gasteiger partial charge in [-0.1, -0.05) is 73.7 Å². The lowest BCUT2D eigenvalue weighted by molar-refractivity contribution is 0.807. The summed E-state index contributed by atoms with van der Waals surface area (Å²) >= 11 is 0. The number of pyridine rings is 1. The first-order valence-electron chi connectivity index (χ1n) is 8.37. The van der Waals surface area contributed by atoms with Gasteiger partial charge in [-0.15, -0.1) is 0 Å². The molecule has 0 fully saturated rings. The fourth-order valence-electron chi connectivity index (χ4n) is 3.36. The van der Waals surface area contributed by atoms with E-state index in [0.717, 1.165) is 12.4 Å². The lowest BCUT2D eigenvalue weighted by Crippen LogP contribution is -2.16. The van der Waals surface area contributed by atoms with Crippen molar-refractivity contribution < 1.29 is 0 Å². The molecule has 0 N–H and O–H groups in total. The van der Waals surface area contributed by atoms with Crippen LogP contribution >= 0.6 is 0 Å². The molecule has 0 amide bonds. The first-order valence-corrected chi connectivity index (χ1v) is 8.37. The standard InChI is InChI=1S/C22H20N2/c1-17-16-24(21-12-5-6-15-23-21)22-19(10-7-11-20(17)22)14-13-18-8-3-2-4-9-18/h2-15,17H,16H2,1H3/b14-13+. The molecule has 118 valence electrons. The number of para-hydroxylation sites is 1. The Bertz CT molecular complexity index is 854. The summed E-state index contributed by atoms with van der Waals surface area (Å²) in [7, 11) is 0. The molecule has 4 rings (SSSR count). The van der Waals surface area contributed by atoms with Crippen molar-refractivity contribution in [3.63, 3.8) is 0 Å². The van der Waals surface area contributed by atoms with E-state index in [0.29, 0.717) is 5.92 Å². The van der Waals surface area contributed by atoms with Crippen molar-refractivity contribution in [1.29, 1.82) is 0 Å². The van der Waals surface area contributed by atoms with Crippen LogP contribution in [-0.4, -0.2) is 11.5 Å². The van der Waals surface area contributed by atoms with Gasteiger partial charge in [0.25, 0.3) is 0 Å². The van der Waals surface area contributed by atoms with Gasteiger partial charge in [0.05, 0.1) is 5.69 Å². The van der Waals surface area contributed by atoms with Crippen LogP contribution in [0.4, 0.5) is 11.5 Å². The van der Waals surface area contributed by atoms with Crippen LogP contribution in [-0.2, 0) is 0 Å². The second-order valence-corrected chi connectivity index (χ2v) is 6.23. The Morgan fingerprint density at radius 1 is 0.917 bits per heavy atom. The number of benzene rings is 2. The van der Waals surface area contributed by atoms with Crippen molar-refractivity contribution in [2.45, 2.75) is 12.8 Å². The predicted molar refractivity (Wildman–Crippen MR) is 101 cm³/mol. The van der Waals surface area contributed by atoms with E-state index in [-0.39, 0.29) is 0 Å². The topological polar surface area (TPSA) is 16.1 Å². The summed E-state index contributed by atoms with van der Waals surface area (Å²) in [6.45, 7) is 3.26. The van der Waals surface area contributed by atoms with Gasteiger partial charge in [-0.05, 0) is 28.8 Å². The highest BCUT2D eigenvalue weighted by atomic mass is 15.2. The third-order valence-electron chi connectivity index (χ3n) is 4.54. The predicted octanol–water partition coefficient (Wildman–Crippen LogP) is 5.51. The molecule has 2 nitrogen and oxygen atoms in total. The summed E-state index contributed by atoms with van der Waals surface area (Å²) in [6.07, 6.45) is 6.25. The Hall–Kier alpha value is -2.87. The lowest BCUT2D eigenvalue weighted by Gasteiger charge is -2.20. The highest BCUT2D eigenvalue weighted by Crippen LogP contribution is 2.42. The first-order chi connectivity index (χ1) is 11.8. The van der Waals surface area contributed by atoms with Crippen molar-refractivity contribution in [2.24, 2.45) is 0 Å². The van der Waals surface area contributed by atoms with Gasteiger partial charge < -0.3 is 4.90 Å². The van der Waals surface area contributed by atoms with E-state index in [2.05, 4.69) is 77.5 Å². The van der Waals surface area contributed by atoms with Gasteiger partial charge in [0.1, 0.15) is 5.82 Å². The monoisotopic (exact) mass is 312 g/mol. The first kappa shape index (κ1) is 14.7. The molecule has 2 heterocycles. The van der Waals surface area contributed by atoms with Crippen LogP contribution in [0.3, 0.4) is 0 Å². The second-order valence-electron chi connectivity index (χ2n) is 6.23. The Balaban J connectivity index is 1.77. The van der Waals surface area contributed by atoms with Gasteiger partial charge in [0.2, 0.25) is 0 Å². The number of fused-ring (bicyclic) bond motifs is 1. The van der Waals surface area contributed by atoms with Gasteiger partial charge in [-0.2, -0.15) is 0 Å². The van der Waals surface area contributed by atoms with E-state index < -0.39 is 0 Å². The molecule has 0 saturated carbocycles. The van der Waals surface area contributed by atoms with Gasteiger partial charge >= 0.3 is 0 Å². The molecule has 0 spiro atoms. The molecule has 0 radical (unpaired) electrons. The summed E-state index contributed by atoms with van der Waals surface area (Å²) < 4.78 is 0. The molecule has 1 atom stereocenters. The second kappa shape index (κ2) is 6.32. The van der Waals surface area contributed by atoms with Gasteiger partial charge in [-0.25, -0.2) is 4.98 Å². The molecule has 1 aliphatic rings. The van der Waals surface area contributed by atoms with Crippen molar-refractivity contribution in [3.8, 4) is 0 Å². The van der Waals surface area contributed by atoms with Crippen LogP contribution < -0.4 is 4.90 Å². The number of hydrogen-bond donors (Lipinski definition) is 0.